The maximum Gasteiger partial charge on any atom is 0.218 e. The van der Waals surface area contributed by atoms with Crippen LogP contribution in [0.25, 0.3) is 0 Å². The number of nitrogens with two attached hydrogens (primary N) is 1. The highest BCUT2D eigenvalue weighted by Gasteiger charge is 2.17. The minimum atomic E-state index is 0. The minimum absolute atomic E-state index is 0. The summed E-state index contributed by atoms with van der Waals surface area (Å²) in [5, 5.41) is 0. The molecular weight excluding hydrogens is 367 g/mol. The SMILES string of the molecule is COc1ncccc1CN=C(N)N1CCCC(C)C1.I. The number of rotatable bonds is 3. The van der Waals surface area contributed by atoms with Crippen molar-refractivity contribution in [2.75, 3.05) is 20.2 Å². The molecule has 0 amide bonds. The number of pyridine rings is 1. The van der Waals surface area contributed by atoms with Crippen molar-refractivity contribution in [3.63, 3.8) is 0 Å². The second-order valence-corrected chi connectivity index (χ2v) is 5.04. The lowest BCUT2D eigenvalue weighted by molar-refractivity contribution is 0.270. The standard InChI is InChI=1S/C14H22N4O.HI/c1-11-5-4-8-18(10-11)14(15)17-9-12-6-3-7-16-13(12)19-2;/h3,6-7,11H,4-5,8-10H2,1-2H3,(H2,15,17);1H. The minimum Gasteiger partial charge on any atom is -0.481 e. The highest BCUT2D eigenvalue weighted by Crippen LogP contribution is 2.17. The highest BCUT2D eigenvalue weighted by atomic mass is 127. The molecule has 0 bridgehead atoms. The molecule has 2 heterocycles. The summed E-state index contributed by atoms with van der Waals surface area (Å²) < 4.78 is 5.21. The molecule has 0 aromatic carbocycles. The lowest BCUT2D eigenvalue weighted by Gasteiger charge is -2.31. The second kappa shape index (κ2) is 8.28. The molecule has 0 radical (unpaired) electrons. The van der Waals surface area contributed by atoms with Gasteiger partial charge in [-0.3, -0.25) is 0 Å². The van der Waals surface area contributed by atoms with E-state index in [2.05, 4.69) is 21.8 Å². The fraction of sp³-hybridized carbons (Fsp3) is 0.571. The van der Waals surface area contributed by atoms with Crippen LogP contribution in [0.4, 0.5) is 0 Å². The third-order valence-corrected chi connectivity index (χ3v) is 3.44. The number of piperidine rings is 1. The van der Waals surface area contributed by atoms with Gasteiger partial charge in [0, 0.05) is 24.8 Å². The molecule has 0 saturated carbocycles. The molecule has 20 heavy (non-hydrogen) atoms. The van der Waals surface area contributed by atoms with E-state index in [1.165, 1.54) is 12.8 Å². The summed E-state index contributed by atoms with van der Waals surface area (Å²) in [4.78, 5) is 10.8. The Hall–Kier alpha value is -1.05. The predicted octanol–water partition coefficient (Wildman–Crippen LogP) is 2.25. The molecule has 2 rings (SSSR count). The van der Waals surface area contributed by atoms with Crippen molar-refractivity contribution >= 4 is 29.9 Å². The lowest BCUT2D eigenvalue weighted by Crippen LogP contribution is -2.43. The molecule has 6 heteroatoms. The van der Waals surface area contributed by atoms with E-state index >= 15 is 0 Å². The summed E-state index contributed by atoms with van der Waals surface area (Å²) in [5.41, 5.74) is 7.02. The van der Waals surface area contributed by atoms with Gasteiger partial charge in [0.1, 0.15) is 0 Å². The van der Waals surface area contributed by atoms with Crippen molar-refractivity contribution in [2.45, 2.75) is 26.3 Å². The third kappa shape index (κ3) is 4.50. The first kappa shape index (κ1) is 17.0. The van der Waals surface area contributed by atoms with Crippen LogP contribution in [0.2, 0.25) is 0 Å². The number of hydrogen-bond acceptors (Lipinski definition) is 3. The number of aliphatic imine (C=N–C) groups is 1. The smallest absolute Gasteiger partial charge is 0.218 e. The van der Waals surface area contributed by atoms with Crippen LogP contribution in [-0.2, 0) is 6.54 Å². The van der Waals surface area contributed by atoms with Crippen molar-refractivity contribution in [3.8, 4) is 5.88 Å². The largest absolute Gasteiger partial charge is 0.481 e. The topological polar surface area (TPSA) is 63.7 Å². The first-order chi connectivity index (χ1) is 9.20. The van der Waals surface area contributed by atoms with Gasteiger partial charge in [-0.05, 0) is 24.8 Å². The van der Waals surface area contributed by atoms with Gasteiger partial charge in [0.05, 0.1) is 13.7 Å². The molecule has 1 unspecified atom stereocenters. The number of halogens is 1. The zero-order chi connectivity index (χ0) is 13.7. The molecule has 0 spiro atoms. The van der Waals surface area contributed by atoms with Crippen LogP contribution in [0.5, 0.6) is 5.88 Å². The van der Waals surface area contributed by atoms with Crippen LogP contribution in [0.15, 0.2) is 23.3 Å². The molecule has 1 aliphatic rings. The molecule has 5 nitrogen and oxygen atoms in total. The van der Waals surface area contributed by atoms with E-state index in [9.17, 15) is 0 Å². The van der Waals surface area contributed by atoms with Crippen LogP contribution in [-0.4, -0.2) is 36.0 Å². The number of ether oxygens (including phenoxy) is 1. The van der Waals surface area contributed by atoms with Crippen molar-refractivity contribution in [1.29, 1.82) is 0 Å². The van der Waals surface area contributed by atoms with Crippen LogP contribution in [0.1, 0.15) is 25.3 Å². The summed E-state index contributed by atoms with van der Waals surface area (Å²) in [6, 6.07) is 3.84. The molecule has 1 aliphatic heterocycles. The van der Waals surface area contributed by atoms with Crippen LogP contribution < -0.4 is 10.5 Å². The van der Waals surface area contributed by atoms with Crippen molar-refractivity contribution in [1.82, 2.24) is 9.88 Å². The van der Waals surface area contributed by atoms with Gasteiger partial charge in [-0.1, -0.05) is 13.0 Å². The zero-order valence-corrected chi connectivity index (χ0v) is 14.4. The van der Waals surface area contributed by atoms with Gasteiger partial charge in [0.15, 0.2) is 5.96 Å². The number of guanidine groups is 1. The van der Waals surface area contributed by atoms with Gasteiger partial charge in [-0.15, -0.1) is 24.0 Å². The number of methoxy groups -OCH3 is 1. The summed E-state index contributed by atoms with van der Waals surface area (Å²) >= 11 is 0. The Labute approximate surface area is 137 Å². The summed E-state index contributed by atoms with van der Waals surface area (Å²) in [6.45, 7) is 4.76. The molecule has 0 aliphatic carbocycles. The first-order valence-electron chi connectivity index (χ1n) is 6.73. The number of likely N-dealkylation sites (tertiary alicyclic amines) is 1. The molecule has 1 saturated heterocycles. The third-order valence-electron chi connectivity index (χ3n) is 3.44. The Morgan fingerprint density at radius 2 is 2.40 bits per heavy atom. The molecule has 1 aromatic rings. The Balaban J connectivity index is 0.00000200. The Kier molecular flexibility index (Phi) is 7.04. The predicted molar refractivity (Wildman–Crippen MR) is 91.5 cm³/mol. The fourth-order valence-corrected chi connectivity index (χ4v) is 2.39. The van der Waals surface area contributed by atoms with Gasteiger partial charge in [-0.2, -0.15) is 0 Å². The van der Waals surface area contributed by atoms with E-state index < -0.39 is 0 Å². The van der Waals surface area contributed by atoms with E-state index in [1.807, 2.05) is 12.1 Å². The van der Waals surface area contributed by atoms with Crippen molar-refractivity contribution < 1.29 is 4.74 Å². The maximum atomic E-state index is 6.06. The average molecular weight is 390 g/mol. The molecule has 112 valence electrons. The molecule has 1 aromatic heterocycles. The summed E-state index contributed by atoms with van der Waals surface area (Å²) in [6.07, 6.45) is 4.18. The Morgan fingerprint density at radius 3 is 3.10 bits per heavy atom. The number of hydrogen-bond donors (Lipinski definition) is 1. The quantitative estimate of drug-likeness (QED) is 0.489. The van der Waals surface area contributed by atoms with Gasteiger partial charge >= 0.3 is 0 Å². The lowest BCUT2D eigenvalue weighted by atomic mass is 10.0. The van der Waals surface area contributed by atoms with E-state index in [4.69, 9.17) is 10.5 Å². The van der Waals surface area contributed by atoms with E-state index in [0.717, 1.165) is 18.7 Å². The normalized spacial score (nSPS) is 19.4. The summed E-state index contributed by atoms with van der Waals surface area (Å²) in [7, 11) is 1.62. The highest BCUT2D eigenvalue weighted by molar-refractivity contribution is 14.0. The Bertz CT molecular complexity index is 453. The molecular formula is C14H23IN4O. The average Bonchev–Trinajstić information content (AvgIpc) is 2.45. The number of aromatic nitrogens is 1. The first-order valence-corrected chi connectivity index (χ1v) is 6.73. The van der Waals surface area contributed by atoms with E-state index in [1.54, 1.807) is 13.3 Å². The monoisotopic (exact) mass is 390 g/mol. The second-order valence-electron chi connectivity index (χ2n) is 5.04. The fourth-order valence-electron chi connectivity index (χ4n) is 2.39. The summed E-state index contributed by atoms with van der Waals surface area (Å²) in [5.74, 6) is 1.93. The Morgan fingerprint density at radius 1 is 1.60 bits per heavy atom. The van der Waals surface area contributed by atoms with Gasteiger partial charge in [0.2, 0.25) is 5.88 Å². The number of nitrogens with zero attached hydrogens (tertiary/aromatic N) is 3. The molecule has 1 atom stereocenters. The van der Waals surface area contributed by atoms with E-state index in [0.29, 0.717) is 24.3 Å². The molecule has 2 N–H and O–H groups in total. The van der Waals surface area contributed by atoms with Gasteiger partial charge in [-0.25, -0.2) is 9.98 Å². The van der Waals surface area contributed by atoms with Crippen molar-refractivity contribution in [2.24, 2.45) is 16.6 Å². The van der Waals surface area contributed by atoms with E-state index in [-0.39, 0.29) is 24.0 Å². The van der Waals surface area contributed by atoms with Crippen LogP contribution >= 0.6 is 24.0 Å². The van der Waals surface area contributed by atoms with Gasteiger partial charge < -0.3 is 15.4 Å². The molecule has 1 fully saturated rings. The zero-order valence-electron chi connectivity index (χ0n) is 12.1. The van der Waals surface area contributed by atoms with Crippen LogP contribution in [0, 0.1) is 5.92 Å². The van der Waals surface area contributed by atoms with Gasteiger partial charge in [0.25, 0.3) is 0 Å². The maximum absolute atomic E-state index is 6.06. The van der Waals surface area contributed by atoms with Crippen molar-refractivity contribution in [3.05, 3.63) is 23.9 Å². The van der Waals surface area contributed by atoms with Crippen LogP contribution in [0.3, 0.4) is 0 Å².